The SMILES string of the molecule is COc1cc(NC2CCN(c3nnc(C)s3)CC2)ncn1. The standard InChI is InChI=1S/C13H18N6OS/c1-9-17-18-13(21-9)19-5-3-10(4-6-19)16-11-7-12(20-2)15-8-14-11/h7-8,10H,3-6H2,1-2H3,(H,14,15,16). The summed E-state index contributed by atoms with van der Waals surface area (Å²) in [6.45, 7) is 3.95. The number of nitrogens with one attached hydrogen (secondary N) is 1. The fourth-order valence-electron chi connectivity index (χ4n) is 2.37. The van der Waals surface area contributed by atoms with E-state index < -0.39 is 0 Å². The first kappa shape index (κ1) is 14.0. The molecule has 0 spiro atoms. The number of aryl methyl sites for hydroxylation is 1. The van der Waals surface area contributed by atoms with Gasteiger partial charge in [-0.05, 0) is 19.8 Å². The lowest BCUT2D eigenvalue weighted by Crippen LogP contribution is -2.39. The number of anilines is 2. The van der Waals surface area contributed by atoms with Gasteiger partial charge < -0.3 is 15.0 Å². The van der Waals surface area contributed by atoms with Crippen LogP contribution in [0.1, 0.15) is 17.8 Å². The second kappa shape index (κ2) is 6.21. The Kier molecular flexibility index (Phi) is 4.14. The zero-order valence-corrected chi connectivity index (χ0v) is 12.9. The van der Waals surface area contributed by atoms with Gasteiger partial charge in [0.1, 0.15) is 17.2 Å². The maximum absolute atomic E-state index is 5.11. The molecule has 3 rings (SSSR count). The van der Waals surface area contributed by atoms with E-state index in [1.807, 2.05) is 13.0 Å². The molecule has 3 heterocycles. The van der Waals surface area contributed by atoms with Crippen molar-refractivity contribution < 1.29 is 4.74 Å². The second-order valence-corrected chi connectivity index (χ2v) is 6.12. The van der Waals surface area contributed by atoms with Gasteiger partial charge in [-0.25, -0.2) is 9.97 Å². The summed E-state index contributed by atoms with van der Waals surface area (Å²) in [6.07, 6.45) is 3.61. The van der Waals surface area contributed by atoms with Gasteiger partial charge >= 0.3 is 0 Å². The fourth-order valence-corrected chi connectivity index (χ4v) is 3.11. The third kappa shape index (κ3) is 3.38. The molecule has 0 amide bonds. The third-order valence-electron chi connectivity index (χ3n) is 3.48. The highest BCUT2D eigenvalue weighted by molar-refractivity contribution is 7.15. The Bertz CT molecular complexity index is 596. The molecule has 0 atom stereocenters. The van der Waals surface area contributed by atoms with Gasteiger partial charge in [0.05, 0.1) is 7.11 Å². The number of aromatic nitrogens is 4. The van der Waals surface area contributed by atoms with E-state index in [1.54, 1.807) is 18.4 Å². The second-order valence-electron chi connectivity index (χ2n) is 4.95. The topological polar surface area (TPSA) is 76.1 Å². The van der Waals surface area contributed by atoms with Crippen molar-refractivity contribution in [1.82, 2.24) is 20.2 Å². The quantitative estimate of drug-likeness (QED) is 0.921. The van der Waals surface area contributed by atoms with Crippen molar-refractivity contribution in [3.05, 3.63) is 17.4 Å². The lowest BCUT2D eigenvalue weighted by molar-refractivity contribution is 0.397. The zero-order valence-electron chi connectivity index (χ0n) is 12.1. The third-order valence-corrected chi connectivity index (χ3v) is 4.38. The monoisotopic (exact) mass is 306 g/mol. The predicted molar refractivity (Wildman–Crippen MR) is 82.1 cm³/mol. The van der Waals surface area contributed by atoms with Gasteiger partial charge in [-0.1, -0.05) is 11.3 Å². The molecule has 1 aliphatic rings. The first-order chi connectivity index (χ1) is 10.2. The van der Waals surface area contributed by atoms with E-state index in [1.165, 1.54) is 6.33 Å². The smallest absolute Gasteiger partial charge is 0.218 e. The number of nitrogens with zero attached hydrogens (tertiary/aromatic N) is 5. The molecule has 8 heteroatoms. The lowest BCUT2D eigenvalue weighted by Gasteiger charge is -2.32. The predicted octanol–water partition coefficient (Wildman–Crippen LogP) is 1.73. The summed E-state index contributed by atoms with van der Waals surface area (Å²) < 4.78 is 5.11. The maximum Gasteiger partial charge on any atom is 0.218 e. The molecule has 1 N–H and O–H groups in total. The Labute approximate surface area is 127 Å². The zero-order chi connectivity index (χ0) is 14.7. The average molecular weight is 306 g/mol. The number of piperidine rings is 1. The lowest BCUT2D eigenvalue weighted by atomic mass is 10.1. The molecule has 112 valence electrons. The van der Waals surface area contributed by atoms with Gasteiger partial charge in [-0.15, -0.1) is 10.2 Å². The average Bonchev–Trinajstić information content (AvgIpc) is 2.95. The minimum absolute atomic E-state index is 0.412. The summed E-state index contributed by atoms with van der Waals surface area (Å²) in [7, 11) is 1.61. The van der Waals surface area contributed by atoms with Crippen molar-refractivity contribution in [3.8, 4) is 5.88 Å². The van der Waals surface area contributed by atoms with Crippen LogP contribution in [0.3, 0.4) is 0 Å². The van der Waals surface area contributed by atoms with Gasteiger partial charge in [-0.3, -0.25) is 0 Å². The Hall–Kier alpha value is -1.96. The van der Waals surface area contributed by atoms with Gasteiger partial charge in [0, 0.05) is 25.2 Å². The van der Waals surface area contributed by atoms with Crippen molar-refractivity contribution in [2.75, 3.05) is 30.4 Å². The Morgan fingerprint density at radius 1 is 1.29 bits per heavy atom. The van der Waals surface area contributed by atoms with Crippen molar-refractivity contribution in [2.24, 2.45) is 0 Å². The highest BCUT2D eigenvalue weighted by atomic mass is 32.1. The van der Waals surface area contributed by atoms with Crippen LogP contribution >= 0.6 is 11.3 Å². The van der Waals surface area contributed by atoms with Crippen LogP contribution in [-0.4, -0.2) is 46.4 Å². The summed E-state index contributed by atoms with van der Waals surface area (Å²) in [6, 6.07) is 2.23. The molecule has 2 aromatic heterocycles. The summed E-state index contributed by atoms with van der Waals surface area (Å²) in [5, 5.41) is 13.8. The minimum atomic E-state index is 0.412. The van der Waals surface area contributed by atoms with Gasteiger partial charge in [0.15, 0.2) is 0 Å². The summed E-state index contributed by atoms with van der Waals surface area (Å²) in [4.78, 5) is 10.5. The van der Waals surface area contributed by atoms with Crippen molar-refractivity contribution in [3.63, 3.8) is 0 Å². The van der Waals surface area contributed by atoms with E-state index in [-0.39, 0.29) is 0 Å². The van der Waals surface area contributed by atoms with Crippen LogP contribution in [0.15, 0.2) is 12.4 Å². The molecule has 1 saturated heterocycles. The maximum atomic E-state index is 5.11. The highest BCUT2D eigenvalue weighted by Gasteiger charge is 2.21. The Balaban J connectivity index is 1.56. The van der Waals surface area contributed by atoms with E-state index in [4.69, 9.17) is 4.74 Å². The number of hydrogen-bond donors (Lipinski definition) is 1. The number of hydrogen-bond acceptors (Lipinski definition) is 8. The molecule has 1 fully saturated rings. The molecule has 0 aliphatic carbocycles. The minimum Gasteiger partial charge on any atom is -0.481 e. The van der Waals surface area contributed by atoms with Crippen LogP contribution in [0.4, 0.5) is 10.9 Å². The Morgan fingerprint density at radius 2 is 2.10 bits per heavy atom. The molecule has 0 saturated carbocycles. The molecule has 0 bridgehead atoms. The van der Waals surface area contributed by atoms with E-state index >= 15 is 0 Å². The molecule has 21 heavy (non-hydrogen) atoms. The van der Waals surface area contributed by atoms with Crippen LogP contribution in [-0.2, 0) is 0 Å². The van der Waals surface area contributed by atoms with Crippen molar-refractivity contribution in [1.29, 1.82) is 0 Å². The highest BCUT2D eigenvalue weighted by Crippen LogP contribution is 2.24. The van der Waals surface area contributed by atoms with E-state index in [0.717, 1.165) is 41.9 Å². The molecule has 0 radical (unpaired) electrons. The van der Waals surface area contributed by atoms with Crippen LogP contribution in [0.25, 0.3) is 0 Å². The normalized spacial score (nSPS) is 16.0. The fraction of sp³-hybridized carbons (Fsp3) is 0.538. The van der Waals surface area contributed by atoms with E-state index in [9.17, 15) is 0 Å². The van der Waals surface area contributed by atoms with Gasteiger partial charge in [0.2, 0.25) is 11.0 Å². The molecular formula is C13H18N6OS. The first-order valence-corrected chi connectivity index (χ1v) is 7.74. The molecule has 0 unspecified atom stereocenters. The molecular weight excluding hydrogens is 288 g/mol. The van der Waals surface area contributed by atoms with Crippen LogP contribution in [0.5, 0.6) is 5.88 Å². The van der Waals surface area contributed by atoms with Crippen LogP contribution < -0.4 is 15.0 Å². The van der Waals surface area contributed by atoms with Gasteiger partial charge in [-0.2, -0.15) is 0 Å². The van der Waals surface area contributed by atoms with Crippen LogP contribution in [0, 0.1) is 6.92 Å². The van der Waals surface area contributed by atoms with Crippen molar-refractivity contribution >= 4 is 22.3 Å². The van der Waals surface area contributed by atoms with E-state index in [0.29, 0.717) is 11.9 Å². The first-order valence-electron chi connectivity index (χ1n) is 6.92. The molecule has 0 aromatic carbocycles. The number of ether oxygens (including phenoxy) is 1. The number of rotatable bonds is 4. The molecule has 7 nitrogen and oxygen atoms in total. The largest absolute Gasteiger partial charge is 0.481 e. The van der Waals surface area contributed by atoms with Crippen molar-refractivity contribution in [2.45, 2.75) is 25.8 Å². The summed E-state index contributed by atoms with van der Waals surface area (Å²) >= 11 is 1.65. The Morgan fingerprint density at radius 3 is 2.76 bits per heavy atom. The molecule has 1 aliphatic heterocycles. The van der Waals surface area contributed by atoms with Crippen LogP contribution in [0.2, 0.25) is 0 Å². The van der Waals surface area contributed by atoms with E-state index in [2.05, 4.69) is 30.4 Å². The molecule has 2 aromatic rings. The number of methoxy groups -OCH3 is 1. The van der Waals surface area contributed by atoms with Gasteiger partial charge in [0.25, 0.3) is 0 Å². The summed E-state index contributed by atoms with van der Waals surface area (Å²) in [5.41, 5.74) is 0. The summed E-state index contributed by atoms with van der Waals surface area (Å²) in [5.74, 6) is 1.39.